The van der Waals surface area contributed by atoms with Crippen LogP contribution in [0.15, 0.2) is 76.7 Å². The van der Waals surface area contributed by atoms with Gasteiger partial charge >= 0.3 is 6.02 Å². The van der Waals surface area contributed by atoms with Gasteiger partial charge in [-0.15, -0.1) is 0 Å². The number of benzene rings is 2. The molecule has 4 rings (SSSR count). The van der Waals surface area contributed by atoms with E-state index < -0.39 is 0 Å². The van der Waals surface area contributed by atoms with Crippen molar-refractivity contribution in [3.05, 3.63) is 72.4 Å². The van der Waals surface area contributed by atoms with Crippen molar-refractivity contribution in [2.45, 2.75) is 32.2 Å². The van der Waals surface area contributed by atoms with Crippen molar-refractivity contribution in [3.63, 3.8) is 0 Å². The van der Waals surface area contributed by atoms with E-state index in [9.17, 15) is 0 Å². The van der Waals surface area contributed by atoms with E-state index in [1.807, 2.05) is 48.5 Å². The molecule has 0 aliphatic carbocycles. The Kier molecular flexibility index (Phi) is 8.51. The van der Waals surface area contributed by atoms with Crippen LogP contribution in [-0.4, -0.2) is 71.2 Å². The van der Waals surface area contributed by atoms with Crippen molar-refractivity contribution in [2.75, 3.05) is 33.2 Å². The maximum absolute atomic E-state index is 6.34. The molecule has 1 atom stereocenters. The Balaban J connectivity index is 1.37. The molecule has 0 bridgehead atoms. The molecule has 0 saturated carbocycles. The second-order valence-corrected chi connectivity index (χ2v) is 8.97. The fourth-order valence-electron chi connectivity index (χ4n) is 3.96. The lowest BCUT2D eigenvalue weighted by Crippen LogP contribution is -2.50. The number of nitrogens with two attached hydrogens (primary N) is 1. The summed E-state index contributed by atoms with van der Waals surface area (Å²) in [7, 11) is 2.11. The first-order valence-electron chi connectivity index (χ1n) is 12.2. The van der Waals surface area contributed by atoms with Gasteiger partial charge in [0.2, 0.25) is 5.96 Å². The molecule has 3 N–H and O–H groups in total. The second kappa shape index (κ2) is 12.2. The lowest BCUT2D eigenvalue weighted by atomic mass is 10.1. The van der Waals surface area contributed by atoms with E-state index in [1.54, 1.807) is 0 Å². The first-order valence-corrected chi connectivity index (χ1v) is 12.2. The third-order valence-corrected chi connectivity index (χ3v) is 6.09. The van der Waals surface area contributed by atoms with Gasteiger partial charge < -0.3 is 20.3 Å². The van der Waals surface area contributed by atoms with Gasteiger partial charge in [-0.1, -0.05) is 48.5 Å². The molecule has 184 valence electrons. The third kappa shape index (κ3) is 7.42. The molecule has 8 nitrogen and oxygen atoms in total. The number of H-pyrrole nitrogens is 1. The number of guanidine groups is 1. The number of aryl methyl sites for hydroxylation is 1. The minimum Gasteiger partial charge on any atom is -0.424 e. The van der Waals surface area contributed by atoms with Gasteiger partial charge in [-0.3, -0.25) is 5.10 Å². The molecule has 0 spiro atoms. The van der Waals surface area contributed by atoms with E-state index in [0.717, 1.165) is 62.4 Å². The second-order valence-electron chi connectivity index (χ2n) is 8.97. The van der Waals surface area contributed by atoms with E-state index >= 15 is 0 Å². The largest absolute Gasteiger partial charge is 0.424 e. The molecule has 35 heavy (non-hydrogen) atoms. The monoisotopic (exact) mass is 473 g/mol. The zero-order valence-corrected chi connectivity index (χ0v) is 20.6. The number of para-hydroxylation sites is 1. The molecular weight excluding hydrogens is 438 g/mol. The summed E-state index contributed by atoms with van der Waals surface area (Å²) in [5.41, 5.74) is 9.55. The lowest BCUT2D eigenvalue weighted by Gasteiger charge is -2.32. The highest BCUT2D eigenvalue weighted by Crippen LogP contribution is 2.18. The van der Waals surface area contributed by atoms with Gasteiger partial charge in [0.15, 0.2) is 0 Å². The van der Waals surface area contributed by atoms with E-state index in [-0.39, 0.29) is 6.04 Å². The number of nitrogens with one attached hydrogen (secondary N) is 1. The summed E-state index contributed by atoms with van der Waals surface area (Å²) in [5.74, 6) is 1.14. The Morgan fingerprint density at radius 1 is 1.06 bits per heavy atom. The third-order valence-electron chi connectivity index (χ3n) is 6.09. The van der Waals surface area contributed by atoms with E-state index in [4.69, 9.17) is 15.5 Å². The first-order chi connectivity index (χ1) is 17.1. The van der Waals surface area contributed by atoms with Crippen LogP contribution in [0.25, 0.3) is 11.3 Å². The number of aromatic nitrogens is 2. The van der Waals surface area contributed by atoms with Crippen molar-refractivity contribution in [3.8, 4) is 17.0 Å². The summed E-state index contributed by atoms with van der Waals surface area (Å²) < 4.78 is 6.01. The Hall–Kier alpha value is -3.65. The zero-order valence-electron chi connectivity index (χ0n) is 20.6. The van der Waals surface area contributed by atoms with E-state index in [2.05, 4.69) is 57.2 Å². The van der Waals surface area contributed by atoms with Crippen molar-refractivity contribution < 1.29 is 4.74 Å². The Morgan fingerprint density at radius 3 is 2.46 bits per heavy atom. The average molecular weight is 474 g/mol. The molecule has 1 aliphatic rings. The highest BCUT2D eigenvalue weighted by molar-refractivity contribution is 5.92. The van der Waals surface area contributed by atoms with Crippen molar-refractivity contribution in [1.82, 2.24) is 20.0 Å². The Morgan fingerprint density at radius 2 is 1.74 bits per heavy atom. The SMILES string of the molecule is CC(CCCc1cc(-c2ccccc2)n[nH]1)N=C(N=C(N)N1CCN(C)CC1)Oc1ccccc1. The maximum Gasteiger partial charge on any atom is 0.320 e. The minimum absolute atomic E-state index is 0.0364. The molecule has 8 heteroatoms. The maximum atomic E-state index is 6.34. The van der Waals surface area contributed by atoms with Gasteiger partial charge in [0.25, 0.3) is 0 Å². The fraction of sp³-hybridized carbons (Fsp3) is 0.370. The Labute approximate surface area is 207 Å². The summed E-state index contributed by atoms with van der Waals surface area (Å²) in [6, 6.07) is 22.2. The number of aliphatic imine (C=N–C) groups is 2. The molecular formula is C27H35N7O. The van der Waals surface area contributed by atoms with Gasteiger partial charge in [0, 0.05) is 37.4 Å². The summed E-state index contributed by atoms with van der Waals surface area (Å²) in [4.78, 5) is 13.7. The van der Waals surface area contributed by atoms with Gasteiger partial charge in [-0.25, -0.2) is 4.99 Å². The normalized spacial score (nSPS) is 16.3. The van der Waals surface area contributed by atoms with E-state index in [0.29, 0.717) is 17.7 Å². The molecule has 1 aromatic heterocycles. The van der Waals surface area contributed by atoms with Crippen molar-refractivity contribution >= 4 is 12.0 Å². The number of hydrogen-bond donors (Lipinski definition) is 2. The summed E-state index contributed by atoms with van der Waals surface area (Å²) in [6.07, 6.45) is 2.77. The number of hydrogen-bond acceptors (Lipinski definition) is 4. The molecule has 1 unspecified atom stereocenters. The fourth-order valence-corrected chi connectivity index (χ4v) is 3.96. The van der Waals surface area contributed by atoms with Gasteiger partial charge in [0.1, 0.15) is 5.75 Å². The molecule has 0 radical (unpaired) electrons. The van der Waals surface area contributed by atoms with Crippen LogP contribution in [0, 0.1) is 0 Å². The van der Waals surface area contributed by atoms with Crippen LogP contribution in [0.4, 0.5) is 0 Å². The molecule has 3 aromatic rings. The van der Waals surface area contributed by atoms with E-state index in [1.165, 1.54) is 0 Å². The number of rotatable bonds is 7. The topological polar surface area (TPSA) is 95.1 Å². The Bertz CT molecular complexity index is 1100. The van der Waals surface area contributed by atoms with Gasteiger partial charge in [-0.05, 0) is 51.4 Å². The smallest absolute Gasteiger partial charge is 0.320 e. The standard InChI is InChI=1S/C27H35N7O/c1-21(10-9-13-23-20-25(32-31-23)22-11-5-3-6-12-22)29-27(35-24-14-7-4-8-15-24)30-26(28)34-18-16-33(2)17-19-34/h3-8,11-12,14-15,20-21H,9-10,13,16-19H2,1-2H3,(H,31,32)(H2,28,29,30). The molecule has 2 aromatic carbocycles. The summed E-state index contributed by atoms with van der Waals surface area (Å²) in [6.45, 7) is 5.68. The van der Waals surface area contributed by atoms with Crippen LogP contribution in [0.3, 0.4) is 0 Å². The molecule has 1 fully saturated rings. The molecule has 1 saturated heterocycles. The van der Waals surface area contributed by atoms with Crippen molar-refractivity contribution in [1.29, 1.82) is 0 Å². The van der Waals surface area contributed by atoms with Crippen LogP contribution in [0.1, 0.15) is 25.5 Å². The van der Waals surface area contributed by atoms with Crippen LogP contribution >= 0.6 is 0 Å². The van der Waals surface area contributed by atoms with Crippen LogP contribution in [-0.2, 0) is 6.42 Å². The summed E-state index contributed by atoms with van der Waals surface area (Å²) >= 11 is 0. The lowest BCUT2D eigenvalue weighted by molar-refractivity contribution is 0.214. The number of piperazine rings is 1. The number of aromatic amines is 1. The van der Waals surface area contributed by atoms with Gasteiger partial charge in [0.05, 0.1) is 11.7 Å². The first kappa shape index (κ1) is 24.5. The van der Waals surface area contributed by atoms with Gasteiger partial charge in [-0.2, -0.15) is 10.1 Å². The number of ether oxygens (including phenoxy) is 1. The molecule has 1 aliphatic heterocycles. The summed E-state index contributed by atoms with van der Waals surface area (Å²) in [5, 5.41) is 7.61. The highest BCUT2D eigenvalue weighted by atomic mass is 16.5. The number of likely N-dealkylation sites (N-methyl/N-ethyl adjacent to an activating group) is 1. The minimum atomic E-state index is 0.0364. The predicted octanol–water partition coefficient (Wildman–Crippen LogP) is 3.79. The van der Waals surface area contributed by atoms with Crippen LogP contribution in [0.2, 0.25) is 0 Å². The number of amidine groups is 1. The predicted molar refractivity (Wildman–Crippen MR) is 142 cm³/mol. The quantitative estimate of drug-likeness (QED) is 0.402. The average Bonchev–Trinajstić information content (AvgIpc) is 3.34. The van der Waals surface area contributed by atoms with Crippen LogP contribution in [0.5, 0.6) is 5.75 Å². The molecule has 0 amide bonds. The van der Waals surface area contributed by atoms with Crippen molar-refractivity contribution in [2.24, 2.45) is 15.7 Å². The van der Waals surface area contributed by atoms with Crippen LogP contribution < -0.4 is 10.5 Å². The highest BCUT2D eigenvalue weighted by Gasteiger charge is 2.17. The molecule has 2 heterocycles. The zero-order chi connectivity index (χ0) is 24.5. The number of nitrogens with zero attached hydrogens (tertiary/aromatic N) is 5.